The fourth-order valence-corrected chi connectivity index (χ4v) is 1.92. The van der Waals surface area contributed by atoms with Gasteiger partial charge in [0.25, 0.3) is 0 Å². The lowest BCUT2D eigenvalue weighted by atomic mass is 10.0. The molecule has 0 fully saturated rings. The molecule has 3 nitrogen and oxygen atoms in total. The van der Waals surface area contributed by atoms with Crippen molar-refractivity contribution < 1.29 is 0 Å². The van der Waals surface area contributed by atoms with Gasteiger partial charge in [0.15, 0.2) is 0 Å². The van der Waals surface area contributed by atoms with Crippen molar-refractivity contribution in [3.63, 3.8) is 0 Å². The van der Waals surface area contributed by atoms with Crippen molar-refractivity contribution in [1.29, 1.82) is 0 Å². The van der Waals surface area contributed by atoms with Crippen LogP contribution in [-0.4, -0.2) is 9.97 Å². The zero-order valence-corrected chi connectivity index (χ0v) is 11.1. The Morgan fingerprint density at radius 3 is 2.33 bits per heavy atom. The molecule has 1 aromatic carbocycles. The zero-order chi connectivity index (χ0) is 13.1. The molecule has 2 rings (SSSR count). The minimum absolute atomic E-state index is 0.445. The van der Waals surface area contributed by atoms with E-state index < -0.39 is 0 Å². The summed E-state index contributed by atoms with van der Waals surface area (Å²) < 4.78 is 0. The average Bonchev–Trinajstić information content (AvgIpc) is 2.38. The van der Waals surface area contributed by atoms with Crippen LogP contribution < -0.4 is 5.73 Å². The third-order valence-electron chi connectivity index (χ3n) is 2.97. The number of aromatic nitrogens is 2. The molecule has 1 heterocycles. The molecule has 0 atom stereocenters. The summed E-state index contributed by atoms with van der Waals surface area (Å²) in [5.41, 5.74) is 9.91. The molecule has 18 heavy (non-hydrogen) atoms. The van der Waals surface area contributed by atoms with E-state index in [1.165, 1.54) is 5.56 Å². The number of nitrogens with two attached hydrogens (primary N) is 1. The molecule has 0 bridgehead atoms. The lowest BCUT2D eigenvalue weighted by Crippen LogP contribution is -2.03. The van der Waals surface area contributed by atoms with Gasteiger partial charge < -0.3 is 5.73 Å². The van der Waals surface area contributed by atoms with Crippen LogP contribution in [0.3, 0.4) is 0 Å². The first-order valence-electron chi connectivity index (χ1n) is 6.25. The van der Waals surface area contributed by atoms with Crippen LogP contribution in [0.2, 0.25) is 0 Å². The molecule has 0 saturated carbocycles. The molecule has 2 aromatic rings. The highest BCUT2D eigenvalue weighted by Crippen LogP contribution is 2.21. The maximum atomic E-state index is 5.64. The Kier molecular flexibility index (Phi) is 3.72. The summed E-state index contributed by atoms with van der Waals surface area (Å²) in [7, 11) is 0. The summed E-state index contributed by atoms with van der Waals surface area (Å²) in [6, 6.07) is 10.5. The fraction of sp³-hybridized carbons (Fsp3) is 0.333. The average molecular weight is 241 g/mol. The smallest absolute Gasteiger partial charge is 0.126 e. The first-order chi connectivity index (χ1) is 8.60. The normalized spacial score (nSPS) is 10.9. The van der Waals surface area contributed by atoms with Crippen LogP contribution >= 0.6 is 0 Å². The molecule has 1 aromatic heterocycles. The van der Waals surface area contributed by atoms with Gasteiger partial charge in [0.1, 0.15) is 5.82 Å². The van der Waals surface area contributed by atoms with Crippen molar-refractivity contribution in [2.45, 2.75) is 33.2 Å². The summed E-state index contributed by atoms with van der Waals surface area (Å²) in [6.07, 6.45) is 0. The Morgan fingerprint density at radius 1 is 1.11 bits per heavy atom. The zero-order valence-electron chi connectivity index (χ0n) is 11.1. The van der Waals surface area contributed by atoms with Gasteiger partial charge in [-0.25, -0.2) is 9.97 Å². The topological polar surface area (TPSA) is 51.8 Å². The number of nitrogens with zero attached hydrogens (tertiary/aromatic N) is 2. The molecule has 0 amide bonds. The second-order valence-corrected chi connectivity index (χ2v) is 4.77. The van der Waals surface area contributed by atoms with Gasteiger partial charge in [-0.15, -0.1) is 0 Å². The largest absolute Gasteiger partial charge is 0.325 e. The van der Waals surface area contributed by atoms with Gasteiger partial charge in [-0.2, -0.15) is 0 Å². The third-order valence-corrected chi connectivity index (χ3v) is 2.97. The molecule has 0 unspecified atom stereocenters. The standard InChI is InChI=1S/C15H19N3/c1-10(2)12-4-6-13(7-5-12)15-8-14(9-16)17-11(3)18-15/h4-8,10H,9,16H2,1-3H3. The molecule has 2 N–H and O–H groups in total. The van der Waals surface area contributed by atoms with E-state index in [9.17, 15) is 0 Å². The Hall–Kier alpha value is -1.74. The molecular formula is C15H19N3. The van der Waals surface area contributed by atoms with Crippen LogP contribution in [0, 0.1) is 6.92 Å². The molecule has 0 radical (unpaired) electrons. The van der Waals surface area contributed by atoms with Crippen molar-refractivity contribution in [3.8, 4) is 11.3 Å². The van der Waals surface area contributed by atoms with E-state index in [1.807, 2.05) is 13.0 Å². The van der Waals surface area contributed by atoms with Crippen LogP contribution in [-0.2, 0) is 6.54 Å². The maximum absolute atomic E-state index is 5.64. The summed E-state index contributed by atoms with van der Waals surface area (Å²) in [4.78, 5) is 8.75. The fourth-order valence-electron chi connectivity index (χ4n) is 1.92. The van der Waals surface area contributed by atoms with E-state index in [1.54, 1.807) is 0 Å². The van der Waals surface area contributed by atoms with Gasteiger partial charge in [0.2, 0.25) is 0 Å². The van der Waals surface area contributed by atoms with E-state index in [0.29, 0.717) is 12.5 Å². The van der Waals surface area contributed by atoms with Gasteiger partial charge >= 0.3 is 0 Å². The lowest BCUT2D eigenvalue weighted by Gasteiger charge is -2.08. The van der Waals surface area contributed by atoms with E-state index >= 15 is 0 Å². The van der Waals surface area contributed by atoms with Crippen molar-refractivity contribution in [2.75, 3.05) is 0 Å². The molecule has 3 heteroatoms. The van der Waals surface area contributed by atoms with Crippen molar-refractivity contribution >= 4 is 0 Å². The lowest BCUT2D eigenvalue weighted by molar-refractivity contribution is 0.866. The quantitative estimate of drug-likeness (QED) is 0.898. The Morgan fingerprint density at radius 2 is 1.78 bits per heavy atom. The number of hydrogen-bond acceptors (Lipinski definition) is 3. The van der Waals surface area contributed by atoms with Gasteiger partial charge in [0, 0.05) is 12.1 Å². The SMILES string of the molecule is Cc1nc(CN)cc(-c2ccc(C(C)C)cc2)n1. The second-order valence-electron chi connectivity index (χ2n) is 4.77. The number of hydrogen-bond donors (Lipinski definition) is 1. The molecule has 0 aliphatic carbocycles. The van der Waals surface area contributed by atoms with Crippen molar-refractivity contribution in [3.05, 3.63) is 47.4 Å². The van der Waals surface area contributed by atoms with Crippen LogP contribution in [0.15, 0.2) is 30.3 Å². The summed E-state index contributed by atoms with van der Waals surface area (Å²) >= 11 is 0. The molecular weight excluding hydrogens is 222 g/mol. The number of aryl methyl sites for hydroxylation is 1. The Bertz CT molecular complexity index is 530. The molecule has 0 saturated heterocycles. The number of benzene rings is 1. The van der Waals surface area contributed by atoms with Crippen LogP contribution in [0.4, 0.5) is 0 Å². The van der Waals surface area contributed by atoms with Gasteiger partial charge in [-0.1, -0.05) is 38.1 Å². The predicted molar refractivity (Wildman–Crippen MR) is 74.2 cm³/mol. The van der Waals surface area contributed by atoms with E-state index in [2.05, 4.69) is 48.1 Å². The highest BCUT2D eigenvalue weighted by molar-refractivity contribution is 5.59. The van der Waals surface area contributed by atoms with Crippen LogP contribution in [0.1, 0.15) is 36.8 Å². The molecule has 0 aliphatic rings. The predicted octanol–water partition coefficient (Wildman–Crippen LogP) is 3.03. The minimum Gasteiger partial charge on any atom is -0.325 e. The molecule has 0 aliphatic heterocycles. The van der Waals surface area contributed by atoms with Gasteiger partial charge in [-0.3, -0.25) is 0 Å². The molecule has 94 valence electrons. The van der Waals surface area contributed by atoms with E-state index in [0.717, 1.165) is 22.8 Å². The monoisotopic (exact) mass is 241 g/mol. The van der Waals surface area contributed by atoms with Crippen molar-refractivity contribution in [2.24, 2.45) is 5.73 Å². The third kappa shape index (κ3) is 2.74. The van der Waals surface area contributed by atoms with E-state index in [-0.39, 0.29) is 0 Å². The van der Waals surface area contributed by atoms with E-state index in [4.69, 9.17) is 5.73 Å². The summed E-state index contributed by atoms with van der Waals surface area (Å²) in [5, 5.41) is 0. The van der Waals surface area contributed by atoms with Gasteiger partial charge in [0.05, 0.1) is 11.4 Å². The first kappa shape index (κ1) is 12.7. The first-order valence-corrected chi connectivity index (χ1v) is 6.25. The minimum atomic E-state index is 0.445. The Labute approximate surface area is 108 Å². The Balaban J connectivity index is 2.39. The summed E-state index contributed by atoms with van der Waals surface area (Å²) in [6.45, 7) is 6.72. The molecule has 0 spiro atoms. The summed E-state index contributed by atoms with van der Waals surface area (Å²) in [5.74, 6) is 1.31. The highest BCUT2D eigenvalue weighted by Gasteiger charge is 2.05. The highest BCUT2D eigenvalue weighted by atomic mass is 14.9. The van der Waals surface area contributed by atoms with Crippen molar-refractivity contribution in [1.82, 2.24) is 9.97 Å². The van der Waals surface area contributed by atoms with Crippen LogP contribution in [0.25, 0.3) is 11.3 Å². The maximum Gasteiger partial charge on any atom is 0.126 e. The second kappa shape index (κ2) is 5.27. The van der Waals surface area contributed by atoms with Crippen LogP contribution in [0.5, 0.6) is 0 Å². The van der Waals surface area contributed by atoms with Gasteiger partial charge in [-0.05, 0) is 24.5 Å². The number of rotatable bonds is 3.